The number of carboxylic acids is 1. The lowest BCUT2D eigenvalue weighted by Gasteiger charge is -2.31. The van der Waals surface area contributed by atoms with Crippen molar-refractivity contribution in [2.45, 2.75) is 45.4 Å². The minimum atomic E-state index is -0.693. The predicted molar refractivity (Wildman–Crippen MR) is 65.5 cm³/mol. The molecule has 0 heterocycles. The highest BCUT2D eigenvalue weighted by Crippen LogP contribution is 2.31. The third-order valence-electron chi connectivity index (χ3n) is 3.75. The molecule has 1 aliphatic carbocycles. The zero-order valence-electron chi connectivity index (χ0n) is 10.6. The second-order valence-electron chi connectivity index (χ2n) is 5.21. The molecule has 0 radical (unpaired) electrons. The molecule has 94 valence electrons. The minimum Gasteiger partial charge on any atom is -0.481 e. The van der Waals surface area contributed by atoms with Crippen LogP contribution in [0.2, 0.25) is 0 Å². The smallest absolute Gasteiger partial charge is 0.304 e. The summed E-state index contributed by atoms with van der Waals surface area (Å²) in [4.78, 5) is 12.6. The molecule has 0 saturated heterocycles. The van der Waals surface area contributed by atoms with Gasteiger partial charge in [0, 0.05) is 13.1 Å². The van der Waals surface area contributed by atoms with Crippen LogP contribution in [0.15, 0.2) is 0 Å². The van der Waals surface area contributed by atoms with E-state index in [1.807, 2.05) is 7.05 Å². The van der Waals surface area contributed by atoms with Gasteiger partial charge in [0.1, 0.15) is 0 Å². The molecule has 16 heavy (non-hydrogen) atoms. The van der Waals surface area contributed by atoms with Gasteiger partial charge in [-0.3, -0.25) is 4.79 Å². The van der Waals surface area contributed by atoms with Crippen molar-refractivity contribution in [1.29, 1.82) is 0 Å². The second kappa shape index (κ2) is 6.89. The Labute approximate surface area is 98.8 Å². The fraction of sp³-hybridized carbons (Fsp3) is 0.923. The number of carboxylic acid groups (broad SMARTS) is 1. The Morgan fingerprint density at radius 3 is 2.69 bits per heavy atom. The zero-order valence-corrected chi connectivity index (χ0v) is 10.6. The maximum absolute atomic E-state index is 10.5. The summed E-state index contributed by atoms with van der Waals surface area (Å²) >= 11 is 0. The molecule has 0 aromatic carbocycles. The molecule has 1 aliphatic rings. The Bertz CT molecular complexity index is 218. The Morgan fingerprint density at radius 2 is 2.06 bits per heavy atom. The first-order chi connectivity index (χ1) is 7.61. The fourth-order valence-electron chi connectivity index (χ4n) is 2.76. The summed E-state index contributed by atoms with van der Waals surface area (Å²) in [6.45, 7) is 4.04. The average Bonchev–Trinajstić information content (AvgIpc) is 2.26. The lowest BCUT2D eigenvalue weighted by molar-refractivity contribution is -0.137. The maximum Gasteiger partial charge on any atom is 0.304 e. The number of hydrogen-bond donors (Lipinski definition) is 1. The summed E-state index contributed by atoms with van der Waals surface area (Å²) in [5.74, 6) is 1.01. The molecule has 0 aromatic rings. The van der Waals surface area contributed by atoms with Gasteiger partial charge in [0.25, 0.3) is 0 Å². The molecule has 0 bridgehead atoms. The summed E-state index contributed by atoms with van der Waals surface area (Å²) in [6.07, 6.45) is 6.99. The molecule has 1 N–H and O–H groups in total. The largest absolute Gasteiger partial charge is 0.481 e. The van der Waals surface area contributed by atoms with Gasteiger partial charge in [-0.05, 0) is 31.7 Å². The van der Waals surface area contributed by atoms with Crippen molar-refractivity contribution >= 4 is 5.97 Å². The van der Waals surface area contributed by atoms with Gasteiger partial charge in [-0.2, -0.15) is 0 Å². The monoisotopic (exact) mass is 227 g/mol. The van der Waals surface area contributed by atoms with E-state index in [0.29, 0.717) is 6.54 Å². The number of nitrogens with zero attached hydrogens (tertiary/aromatic N) is 1. The van der Waals surface area contributed by atoms with Crippen LogP contribution in [0.3, 0.4) is 0 Å². The Morgan fingerprint density at radius 1 is 1.38 bits per heavy atom. The molecule has 3 nitrogen and oxygen atoms in total. The molecule has 0 spiro atoms. The summed E-state index contributed by atoms with van der Waals surface area (Å²) < 4.78 is 0. The van der Waals surface area contributed by atoms with E-state index in [-0.39, 0.29) is 6.42 Å². The van der Waals surface area contributed by atoms with Crippen molar-refractivity contribution in [2.75, 3.05) is 20.1 Å². The number of hydrogen-bond acceptors (Lipinski definition) is 2. The van der Waals surface area contributed by atoms with E-state index < -0.39 is 5.97 Å². The zero-order chi connectivity index (χ0) is 12.0. The molecular weight excluding hydrogens is 202 g/mol. The van der Waals surface area contributed by atoms with Crippen LogP contribution in [-0.2, 0) is 4.79 Å². The Kier molecular flexibility index (Phi) is 5.81. The first-order valence-corrected chi connectivity index (χ1v) is 6.52. The second-order valence-corrected chi connectivity index (χ2v) is 5.21. The normalized spacial score (nSPS) is 25.9. The minimum absolute atomic E-state index is 0.264. The van der Waals surface area contributed by atoms with Crippen LogP contribution >= 0.6 is 0 Å². The summed E-state index contributed by atoms with van der Waals surface area (Å²) in [7, 11) is 2.04. The van der Waals surface area contributed by atoms with Crippen molar-refractivity contribution in [1.82, 2.24) is 4.90 Å². The van der Waals surface area contributed by atoms with Gasteiger partial charge in [0.2, 0.25) is 0 Å². The Hall–Kier alpha value is -0.570. The molecule has 2 atom stereocenters. The van der Waals surface area contributed by atoms with E-state index in [1.165, 1.54) is 32.1 Å². The molecule has 0 aliphatic heterocycles. The molecule has 1 rings (SSSR count). The van der Waals surface area contributed by atoms with E-state index in [0.717, 1.165) is 18.4 Å². The molecule has 1 saturated carbocycles. The van der Waals surface area contributed by atoms with Gasteiger partial charge in [0.15, 0.2) is 0 Å². The number of carbonyl (C=O) groups is 1. The first-order valence-electron chi connectivity index (χ1n) is 6.52. The number of aliphatic carboxylic acids is 1. The molecule has 1 fully saturated rings. The number of rotatable bonds is 6. The average molecular weight is 227 g/mol. The van der Waals surface area contributed by atoms with Crippen LogP contribution in [0, 0.1) is 11.8 Å². The van der Waals surface area contributed by atoms with Crippen LogP contribution in [0.25, 0.3) is 0 Å². The van der Waals surface area contributed by atoms with Gasteiger partial charge < -0.3 is 10.0 Å². The SMILES string of the molecule is CCC1CCCC(CN(C)CCC(=O)O)C1. The van der Waals surface area contributed by atoms with E-state index in [2.05, 4.69) is 11.8 Å². The highest BCUT2D eigenvalue weighted by Gasteiger charge is 2.21. The summed E-state index contributed by atoms with van der Waals surface area (Å²) in [6, 6.07) is 0. The standard InChI is InChI=1S/C13H25NO2/c1-3-11-5-4-6-12(9-11)10-14(2)8-7-13(15)16/h11-12H,3-10H2,1-2H3,(H,15,16). The van der Waals surface area contributed by atoms with Gasteiger partial charge in [-0.25, -0.2) is 0 Å². The van der Waals surface area contributed by atoms with Gasteiger partial charge in [-0.1, -0.05) is 26.2 Å². The Balaban J connectivity index is 2.22. The van der Waals surface area contributed by atoms with Crippen LogP contribution < -0.4 is 0 Å². The third kappa shape index (κ3) is 4.97. The molecule has 2 unspecified atom stereocenters. The predicted octanol–water partition coefficient (Wildman–Crippen LogP) is 2.61. The molecule has 3 heteroatoms. The summed E-state index contributed by atoms with van der Waals surface area (Å²) in [5.41, 5.74) is 0. The lowest BCUT2D eigenvalue weighted by Crippen LogP contribution is -2.30. The van der Waals surface area contributed by atoms with Gasteiger partial charge >= 0.3 is 5.97 Å². The van der Waals surface area contributed by atoms with Crippen LogP contribution in [-0.4, -0.2) is 36.1 Å². The summed E-state index contributed by atoms with van der Waals surface area (Å²) in [5, 5.41) is 8.62. The topological polar surface area (TPSA) is 40.5 Å². The van der Waals surface area contributed by atoms with Gasteiger partial charge in [0.05, 0.1) is 6.42 Å². The highest BCUT2D eigenvalue weighted by molar-refractivity contribution is 5.66. The first kappa shape index (κ1) is 13.5. The van der Waals surface area contributed by atoms with Crippen LogP contribution in [0.1, 0.15) is 45.4 Å². The van der Waals surface area contributed by atoms with Crippen molar-refractivity contribution in [2.24, 2.45) is 11.8 Å². The quantitative estimate of drug-likeness (QED) is 0.758. The van der Waals surface area contributed by atoms with Crippen molar-refractivity contribution < 1.29 is 9.90 Å². The van der Waals surface area contributed by atoms with Crippen molar-refractivity contribution in [3.63, 3.8) is 0 Å². The lowest BCUT2D eigenvalue weighted by atomic mass is 9.80. The van der Waals surface area contributed by atoms with Crippen LogP contribution in [0.5, 0.6) is 0 Å². The maximum atomic E-state index is 10.5. The molecular formula is C13H25NO2. The highest BCUT2D eigenvalue weighted by atomic mass is 16.4. The van der Waals surface area contributed by atoms with Crippen LogP contribution in [0.4, 0.5) is 0 Å². The van der Waals surface area contributed by atoms with E-state index in [4.69, 9.17) is 5.11 Å². The van der Waals surface area contributed by atoms with E-state index in [1.54, 1.807) is 0 Å². The fourth-order valence-corrected chi connectivity index (χ4v) is 2.76. The van der Waals surface area contributed by atoms with Crippen molar-refractivity contribution in [3.05, 3.63) is 0 Å². The van der Waals surface area contributed by atoms with Gasteiger partial charge in [-0.15, -0.1) is 0 Å². The molecule has 0 aromatic heterocycles. The van der Waals surface area contributed by atoms with E-state index >= 15 is 0 Å². The van der Waals surface area contributed by atoms with E-state index in [9.17, 15) is 4.79 Å². The van der Waals surface area contributed by atoms with Crippen molar-refractivity contribution in [3.8, 4) is 0 Å². The molecule has 0 amide bonds. The third-order valence-corrected chi connectivity index (χ3v) is 3.75.